The van der Waals surface area contributed by atoms with Crippen LogP contribution in [0.3, 0.4) is 0 Å². The number of phenols is 1. The zero-order chi connectivity index (χ0) is 9.14. The molecule has 1 rings (SSSR count). The van der Waals surface area contributed by atoms with Crippen LogP contribution in [0.5, 0.6) is 5.75 Å². The molecule has 1 aromatic carbocycles. The van der Waals surface area contributed by atoms with Crippen molar-refractivity contribution in [2.75, 3.05) is 0 Å². The van der Waals surface area contributed by atoms with E-state index in [9.17, 15) is 8.78 Å². The molecule has 1 N–H and O–H groups in total. The first-order valence-electron chi connectivity index (χ1n) is 3.19. The monoisotopic (exact) mass is 169 g/mol. The van der Waals surface area contributed by atoms with Gasteiger partial charge in [-0.25, -0.2) is 8.78 Å². The number of nitrogens with zero attached hydrogens (tertiary/aromatic N) is 1. The molecule has 0 fully saturated rings. The minimum atomic E-state index is -1.14. The Labute approximate surface area is 67.7 Å². The van der Waals surface area contributed by atoms with E-state index < -0.39 is 11.6 Å². The number of hydrogen-bond acceptors (Lipinski definition) is 2. The maximum Gasteiger partial charge on any atom is 0.163 e. The Morgan fingerprint density at radius 3 is 2.67 bits per heavy atom. The van der Waals surface area contributed by atoms with Crippen molar-refractivity contribution in [3.63, 3.8) is 0 Å². The summed E-state index contributed by atoms with van der Waals surface area (Å²) in [4.78, 5) is 0. The van der Waals surface area contributed by atoms with E-state index in [1.165, 1.54) is 0 Å². The molecule has 0 aromatic heterocycles. The molecular formula is C8H5F2NO. The summed E-state index contributed by atoms with van der Waals surface area (Å²) in [6.45, 7) is 0. The lowest BCUT2D eigenvalue weighted by Crippen LogP contribution is -1.92. The molecule has 0 atom stereocenters. The Morgan fingerprint density at radius 1 is 1.42 bits per heavy atom. The molecule has 0 bridgehead atoms. The molecule has 0 aliphatic heterocycles. The summed E-state index contributed by atoms with van der Waals surface area (Å²) in [5.41, 5.74) is -0.130. The first kappa shape index (κ1) is 8.47. The zero-order valence-corrected chi connectivity index (χ0v) is 6.01. The largest absolute Gasteiger partial charge is 0.508 e. The maximum absolute atomic E-state index is 12.7. The van der Waals surface area contributed by atoms with Crippen LogP contribution >= 0.6 is 0 Å². The lowest BCUT2D eigenvalue weighted by molar-refractivity contribution is 0.451. The number of aromatic hydroxyl groups is 1. The third-order valence-corrected chi connectivity index (χ3v) is 1.36. The van der Waals surface area contributed by atoms with Crippen LogP contribution in [0.2, 0.25) is 0 Å². The third-order valence-electron chi connectivity index (χ3n) is 1.36. The average Bonchev–Trinajstić information content (AvgIpc) is 2.00. The number of nitriles is 1. The summed E-state index contributed by atoms with van der Waals surface area (Å²) >= 11 is 0. The average molecular weight is 169 g/mol. The van der Waals surface area contributed by atoms with E-state index in [0.29, 0.717) is 6.07 Å². The van der Waals surface area contributed by atoms with Gasteiger partial charge < -0.3 is 5.11 Å². The van der Waals surface area contributed by atoms with Gasteiger partial charge in [-0.15, -0.1) is 0 Å². The minimum Gasteiger partial charge on any atom is -0.508 e. The van der Waals surface area contributed by atoms with E-state index in [2.05, 4.69) is 0 Å². The van der Waals surface area contributed by atoms with Gasteiger partial charge in [-0.1, -0.05) is 0 Å². The summed E-state index contributed by atoms with van der Waals surface area (Å²) in [5.74, 6) is -2.59. The van der Waals surface area contributed by atoms with Crippen molar-refractivity contribution in [2.24, 2.45) is 0 Å². The van der Waals surface area contributed by atoms with Crippen LogP contribution in [0.15, 0.2) is 12.1 Å². The van der Waals surface area contributed by atoms with Crippen molar-refractivity contribution in [1.82, 2.24) is 0 Å². The summed E-state index contributed by atoms with van der Waals surface area (Å²) in [6.07, 6.45) is -0.253. The standard InChI is InChI=1S/C8H5F2NO/c9-7-4-6(12)3-5(1-2-11)8(7)10/h3-4,12H,1H2. The molecule has 0 amide bonds. The summed E-state index contributed by atoms with van der Waals surface area (Å²) < 4.78 is 25.3. The molecule has 0 spiro atoms. The second-order valence-corrected chi connectivity index (χ2v) is 2.24. The molecule has 4 heteroatoms. The molecule has 0 heterocycles. The van der Waals surface area contributed by atoms with Crippen LogP contribution in [0.4, 0.5) is 8.78 Å². The molecule has 0 radical (unpaired) electrons. The Morgan fingerprint density at radius 2 is 2.08 bits per heavy atom. The predicted octanol–water partition coefficient (Wildman–Crippen LogP) is 1.74. The van der Waals surface area contributed by atoms with Gasteiger partial charge in [-0.2, -0.15) is 5.26 Å². The van der Waals surface area contributed by atoms with E-state index in [0.717, 1.165) is 6.07 Å². The Kier molecular flexibility index (Phi) is 2.24. The molecular weight excluding hydrogens is 164 g/mol. The van der Waals surface area contributed by atoms with Crippen LogP contribution in [0.25, 0.3) is 0 Å². The Hall–Kier alpha value is -1.63. The van der Waals surface area contributed by atoms with Crippen molar-refractivity contribution >= 4 is 0 Å². The van der Waals surface area contributed by atoms with Gasteiger partial charge in [0.1, 0.15) is 5.75 Å². The lowest BCUT2D eigenvalue weighted by atomic mass is 10.1. The van der Waals surface area contributed by atoms with Crippen molar-refractivity contribution in [3.8, 4) is 11.8 Å². The maximum atomic E-state index is 12.7. The fourth-order valence-electron chi connectivity index (χ4n) is 0.844. The SMILES string of the molecule is N#CCc1cc(O)cc(F)c1F. The van der Waals surface area contributed by atoms with Crippen LogP contribution in [-0.4, -0.2) is 5.11 Å². The number of benzene rings is 1. The van der Waals surface area contributed by atoms with Crippen molar-refractivity contribution < 1.29 is 13.9 Å². The van der Waals surface area contributed by atoms with Crippen LogP contribution < -0.4 is 0 Å². The summed E-state index contributed by atoms with van der Waals surface area (Å²) in [5, 5.41) is 17.0. The van der Waals surface area contributed by atoms with Gasteiger partial charge >= 0.3 is 0 Å². The minimum absolute atomic E-state index is 0.130. The first-order valence-corrected chi connectivity index (χ1v) is 3.19. The van der Waals surface area contributed by atoms with Crippen LogP contribution in [0, 0.1) is 23.0 Å². The number of rotatable bonds is 1. The number of hydrogen-bond donors (Lipinski definition) is 1. The zero-order valence-electron chi connectivity index (χ0n) is 6.01. The first-order chi connectivity index (χ1) is 5.65. The molecule has 0 saturated heterocycles. The van der Waals surface area contributed by atoms with Crippen molar-refractivity contribution in [1.29, 1.82) is 5.26 Å². The molecule has 2 nitrogen and oxygen atoms in total. The summed E-state index contributed by atoms with van der Waals surface area (Å²) in [7, 11) is 0. The Balaban J connectivity index is 3.20. The van der Waals surface area contributed by atoms with E-state index in [-0.39, 0.29) is 17.7 Å². The molecule has 62 valence electrons. The van der Waals surface area contributed by atoms with Gasteiger partial charge in [0.15, 0.2) is 11.6 Å². The Bertz CT molecular complexity index is 344. The number of phenolic OH excluding ortho intramolecular Hbond substituents is 1. The van der Waals surface area contributed by atoms with E-state index >= 15 is 0 Å². The van der Waals surface area contributed by atoms with Gasteiger partial charge in [0.2, 0.25) is 0 Å². The normalized spacial score (nSPS) is 9.42. The van der Waals surface area contributed by atoms with Crippen LogP contribution in [-0.2, 0) is 6.42 Å². The molecule has 0 aliphatic rings. The number of halogens is 2. The highest BCUT2D eigenvalue weighted by molar-refractivity contribution is 5.31. The predicted molar refractivity (Wildman–Crippen MR) is 37.3 cm³/mol. The molecule has 0 saturated carbocycles. The molecule has 0 aliphatic carbocycles. The van der Waals surface area contributed by atoms with Gasteiger partial charge in [0, 0.05) is 11.6 Å². The fraction of sp³-hybridized carbons (Fsp3) is 0.125. The van der Waals surface area contributed by atoms with Crippen molar-refractivity contribution in [3.05, 3.63) is 29.3 Å². The fourth-order valence-corrected chi connectivity index (χ4v) is 0.844. The molecule has 1 aromatic rings. The lowest BCUT2D eigenvalue weighted by Gasteiger charge is -1.99. The van der Waals surface area contributed by atoms with E-state index in [1.807, 2.05) is 0 Å². The van der Waals surface area contributed by atoms with E-state index in [1.54, 1.807) is 6.07 Å². The van der Waals surface area contributed by atoms with Crippen LogP contribution in [0.1, 0.15) is 5.56 Å². The smallest absolute Gasteiger partial charge is 0.163 e. The van der Waals surface area contributed by atoms with Gasteiger partial charge in [-0.05, 0) is 6.07 Å². The highest BCUT2D eigenvalue weighted by Gasteiger charge is 2.09. The summed E-state index contributed by atoms with van der Waals surface area (Å²) in [6, 6.07) is 3.35. The van der Waals surface area contributed by atoms with Gasteiger partial charge in [-0.3, -0.25) is 0 Å². The quantitative estimate of drug-likeness (QED) is 0.695. The highest BCUT2D eigenvalue weighted by Crippen LogP contribution is 2.19. The van der Waals surface area contributed by atoms with Crippen molar-refractivity contribution in [2.45, 2.75) is 6.42 Å². The second kappa shape index (κ2) is 3.18. The molecule has 0 unspecified atom stereocenters. The third kappa shape index (κ3) is 1.51. The molecule has 12 heavy (non-hydrogen) atoms. The second-order valence-electron chi connectivity index (χ2n) is 2.24. The highest BCUT2D eigenvalue weighted by atomic mass is 19.2. The van der Waals surface area contributed by atoms with Gasteiger partial charge in [0.05, 0.1) is 12.5 Å². The van der Waals surface area contributed by atoms with E-state index in [4.69, 9.17) is 10.4 Å². The topological polar surface area (TPSA) is 44.0 Å². The van der Waals surface area contributed by atoms with Gasteiger partial charge in [0.25, 0.3) is 0 Å².